The summed E-state index contributed by atoms with van der Waals surface area (Å²) in [4.78, 5) is 0. The summed E-state index contributed by atoms with van der Waals surface area (Å²) in [6.45, 7) is 3.59. The van der Waals surface area contributed by atoms with Gasteiger partial charge in [0.05, 0.1) is 12.7 Å². The topological polar surface area (TPSA) is 89.2 Å². The smallest absolute Gasteiger partial charge is 0.273 e. The first-order valence-corrected chi connectivity index (χ1v) is 8.26. The zero-order chi connectivity index (χ0) is 15.3. The van der Waals surface area contributed by atoms with Crippen molar-refractivity contribution >= 4 is 10.0 Å². The molecule has 0 radical (unpaired) electrons. The Bertz CT molecular complexity index is 675. The highest BCUT2D eigenvalue weighted by Crippen LogP contribution is 2.13. The fraction of sp³-hybridized carbons (Fsp3) is 0.462. The number of hydrogen-bond acceptors (Lipinski definition) is 5. The lowest BCUT2D eigenvalue weighted by Gasteiger charge is -2.03. The van der Waals surface area contributed by atoms with Gasteiger partial charge < -0.3 is 9.73 Å². The lowest BCUT2D eigenvalue weighted by atomic mass is 10.3. The summed E-state index contributed by atoms with van der Waals surface area (Å²) in [7, 11) is -1.78. The van der Waals surface area contributed by atoms with Crippen molar-refractivity contribution in [3.05, 3.63) is 35.9 Å². The highest BCUT2D eigenvalue weighted by molar-refractivity contribution is 7.89. The molecule has 0 saturated heterocycles. The Morgan fingerprint density at radius 2 is 2.19 bits per heavy atom. The van der Waals surface area contributed by atoms with Crippen LogP contribution in [0.5, 0.6) is 0 Å². The van der Waals surface area contributed by atoms with E-state index >= 15 is 0 Å². The van der Waals surface area contributed by atoms with Gasteiger partial charge in [-0.25, -0.2) is 13.1 Å². The van der Waals surface area contributed by atoms with Crippen LogP contribution in [0, 0.1) is 0 Å². The molecular weight excluding hydrogens is 292 g/mol. The van der Waals surface area contributed by atoms with Crippen LogP contribution in [0.3, 0.4) is 0 Å². The van der Waals surface area contributed by atoms with Crippen LogP contribution < -0.4 is 10.0 Å². The van der Waals surface area contributed by atoms with Gasteiger partial charge in [-0.15, -0.1) is 0 Å². The number of nitrogens with zero attached hydrogens (tertiary/aromatic N) is 2. The largest absolute Gasteiger partial charge is 0.447 e. The Labute approximate surface area is 124 Å². The molecule has 0 aliphatic carbocycles. The molecule has 0 atom stereocenters. The second-order valence-corrected chi connectivity index (χ2v) is 6.37. The Kier molecular flexibility index (Phi) is 5.16. The molecule has 0 fully saturated rings. The summed E-state index contributed by atoms with van der Waals surface area (Å²) in [5.41, 5.74) is 0.979. The number of rotatable bonds is 8. The third kappa shape index (κ3) is 4.42. The van der Waals surface area contributed by atoms with Gasteiger partial charge in [-0.2, -0.15) is 5.10 Å². The van der Waals surface area contributed by atoms with Gasteiger partial charge in [0.25, 0.3) is 10.0 Å². The van der Waals surface area contributed by atoms with Gasteiger partial charge in [0.15, 0.2) is 0 Å². The molecule has 2 N–H and O–H groups in total. The Balaban J connectivity index is 1.90. The molecule has 116 valence electrons. The van der Waals surface area contributed by atoms with Crippen LogP contribution in [0.15, 0.2) is 34.0 Å². The summed E-state index contributed by atoms with van der Waals surface area (Å²) in [5, 5.41) is 7.06. The van der Waals surface area contributed by atoms with Crippen LogP contribution in [-0.4, -0.2) is 31.3 Å². The Hall–Kier alpha value is -1.64. The van der Waals surface area contributed by atoms with Crippen molar-refractivity contribution in [3.8, 4) is 0 Å². The summed E-state index contributed by atoms with van der Waals surface area (Å²) in [6, 6.07) is 3.14. The van der Waals surface area contributed by atoms with Crippen molar-refractivity contribution in [2.24, 2.45) is 7.05 Å². The van der Waals surface area contributed by atoms with Gasteiger partial charge >= 0.3 is 0 Å². The second kappa shape index (κ2) is 6.88. The molecule has 2 aromatic heterocycles. The molecule has 0 saturated carbocycles. The van der Waals surface area contributed by atoms with Crippen LogP contribution in [0.1, 0.15) is 18.2 Å². The van der Waals surface area contributed by atoms with E-state index in [1.165, 1.54) is 6.07 Å². The van der Waals surface area contributed by atoms with Gasteiger partial charge in [-0.1, -0.05) is 6.92 Å². The lowest BCUT2D eigenvalue weighted by Crippen LogP contribution is -2.25. The third-order valence-electron chi connectivity index (χ3n) is 2.92. The fourth-order valence-electron chi connectivity index (χ4n) is 1.85. The van der Waals surface area contributed by atoms with E-state index in [-0.39, 0.29) is 5.09 Å². The number of nitrogens with one attached hydrogen (secondary N) is 2. The molecule has 2 heterocycles. The minimum Gasteiger partial charge on any atom is -0.447 e. The monoisotopic (exact) mass is 312 g/mol. The molecule has 0 spiro atoms. The first-order valence-electron chi connectivity index (χ1n) is 6.78. The van der Waals surface area contributed by atoms with Crippen LogP contribution >= 0.6 is 0 Å². The summed E-state index contributed by atoms with van der Waals surface area (Å²) in [5.74, 6) is 0.601. The van der Waals surface area contributed by atoms with Crippen LogP contribution in [0.2, 0.25) is 0 Å². The van der Waals surface area contributed by atoms with Crippen LogP contribution in [-0.2, 0) is 30.0 Å². The van der Waals surface area contributed by atoms with Gasteiger partial charge in [0, 0.05) is 19.8 Å². The second-order valence-electron chi connectivity index (χ2n) is 4.67. The molecular formula is C13H20N4O3S. The van der Waals surface area contributed by atoms with E-state index in [0.29, 0.717) is 25.3 Å². The van der Waals surface area contributed by atoms with Crippen molar-refractivity contribution in [3.63, 3.8) is 0 Å². The Morgan fingerprint density at radius 3 is 2.86 bits per heavy atom. The minimum absolute atomic E-state index is 0.0541. The maximum atomic E-state index is 12.1. The number of sulfonamides is 1. The van der Waals surface area contributed by atoms with E-state index in [0.717, 1.165) is 12.1 Å². The molecule has 21 heavy (non-hydrogen) atoms. The summed E-state index contributed by atoms with van der Waals surface area (Å²) < 4.78 is 33.7. The van der Waals surface area contributed by atoms with E-state index in [2.05, 4.69) is 15.1 Å². The van der Waals surface area contributed by atoms with Crippen molar-refractivity contribution < 1.29 is 12.8 Å². The molecule has 7 nitrogen and oxygen atoms in total. The first-order chi connectivity index (χ1) is 10.0. The van der Waals surface area contributed by atoms with E-state index in [1.54, 1.807) is 16.9 Å². The van der Waals surface area contributed by atoms with Gasteiger partial charge in [-0.05, 0) is 30.7 Å². The van der Waals surface area contributed by atoms with Gasteiger partial charge in [-0.3, -0.25) is 4.68 Å². The third-order valence-corrected chi connectivity index (χ3v) is 4.25. The van der Waals surface area contributed by atoms with Crippen molar-refractivity contribution in [2.75, 3.05) is 13.1 Å². The van der Waals surface area contributed by atoms with Crippen molar-refractivity contribution in [1.82, 2.24) is 19.8 Å². The zero-order valence-electron chi connectivity index (χ0n) is 12.2. The SMILES string of the molecule is CCNCc1ccc(S(=O)(=O)NCCc2cnn(C)c2)o1. The number of hydrogen-bond donors (Lipinski definition) is 2. The predicted octanol–water partition coefficient (Wildman–Crippen LogP) is 0.644. The van der Waals surface area contributed by atoms with Crippen molar-refractivity contribution in [1.29, 1.82) is 0 Å². The molecule has 0 aliphatic rings. The van der Waals surface area contributed by atoms with E-state index < -0.39 is 10.0 Å². The van der Waals surface area contributed by atoms with Gasteiger partial charge in [0.1, 0.15) is 5.76 Å². The normalized spacial score (nSPS) is 11.9. The van der Waals surface area contributed by atoms with E-state index in [9.17, 15) is 8.42 Å². The number of aryl methyl sites for hydroxylation is 1. The number of aromatic nitrogens is 2. The lowest BCUT2D eigenvalue weighted by molar-refractivity contribution is 0.401. The molecule has 8 heteroatoms. The zero-order valence-corrected chi connectivity index (χ0v) is 13.0. The fourth-order valence-corrected chi connectivity index (χ4v) is 2.82. The molecule has 2 rings (SSSR count). The average Bonchev–Trinajstić information content (AvgIpc) is 3.06. The quantitative estimate of drug-likeness (QED) is 0.747. The molecule has 0 aliphatic heterocycles. The molecule has 0 unspecified atom stereocenters. The minimum atomic E-state index is -3.60. The van der Waals surface area contributed by atoms with E-state index in [4.69, 9.17) is 4.42 Å². The Morgan fingerprint density at radius 1 is 1.38 bits per heavy atom. The highest BCUT2D eigenvalue weighted by Gasteiger charge is 2.18. The van der Waals surface area contributed by atoms with Crippen LogP contribution in [0.4, 0.5) is 0 Å². The summed E-state index contributed by atoms with van der Waals surface area (Å²) in [6.07, 6.45) is 4.16. The molecule has 2 aromatic rings. The van der Waals surface area contributed by atoms with Crippen LogP contribution in [0.25, 0.3) is 0 Å². The summed E-state index contributed by atoms with van der Waals surface area (Å²) >= 11 is 0. The first kappa shape index (κ1) is 15.7. The van der Waals surface area contributed by atoms with E-state index in [1.807, 2.05) is 20.2 Å². The highest BCUT2D eigenvalue weighted by atomic mass is 32.2. The molecule has 0 aromatic carbocycles. The molecule has 0 amide bonds. The maximum absolute atomic E-state index is 12.1. The number of furan rings is 1. The predicted molar refractivity (Wildman–Crippen MR) is 78.2 cm³/mol. The van der Waals surface area contributed by atoms with Gasteiger partial charge in [0.2, 0.25) is 5.09 Å². The standard InChI is InChI=1S/C13H20N4O3S/c1-3-14-9-12-4-5-13(20-12)21(18,19)16-7-6-11-8-15-17(2)10-11/h4-5,8,10,14,16H,3,6-7,9H2,1-2H3. The molecule has 0 bridgehead atoms. The van der Waals surface area contributed by atoms with Crippen molar-refractivity contribution in [2.45, 2.75) is 25.0 Å². The maximum Gasteiger partial charge on any atom is 0.273 e. The average molecular weight is 312 g/mol.